The number of carbonyl (C=O) groups is 1. The summed E-state index contributed by atoms with van der Waals surface area (Å²) in [5, 5.41) is 3.22. The largest absolute Gasteiger partial charge is 0.465 e. The summed E-state index contributed by atoms with van der Waals surface area (Å²) in [4.78, 5) is 16.4. The normalized spacial score (nSPS) is 10.3. The number of thiazole rings is 1. The Morgan fingerprint density at radius 1 is 1.58 bits per heavy atom. The van der Waals surface area contributed by atoms with Crippen molar-refractivity contribution in [2.24, 2.45) is 0 Å². The summed E-state index contributed by atoms with van der Waals surface area (Å²) in [6, 6.07) is 5.23. The highest BCUT2D eigenvalue weighted by Gasteiger charge is 2.09. The van der Waals surface area contributed by atoms with Gasteiger partial charge in [-0.3, -0.25) is 0 Å². The van der Waals surface area contributed by atoms with Crippen molar-refractivity contribution in [2.45, 2.75) is 6.54 Å². The highest BCUT2D eigenvalue weighted by molar-refractivity contribution is 9.10. The number of anilines is 1. The third-order valence-electron chi connectivity index (χ3n) is 2.37. The molecule has 100 valence electrons. The Balaban J connectivity index is 2.12. The van der Waals surface area contributed by atoms with Gasteiger partial charge >= 0.3 is 5.97 Å². The maximum Gasteiger partial charge on any atom is 0.337 e. The van der Waals surface area contributed by atoms with E-state index < -0.39 is 0 Å². The fourth-order valence-corrected chi connectivity index (χ4v) is 2.76. The SMILES string of the molecule is COC(=O)c1ccc(Br)c(NCc2cnc(Cl)s2)c1. The second-order valence-corrected chi connectivity index (χ2v) is 6.17. The average Bonchev–Trinajstić information content (AvgIpc) is 2.82. The van der Waals surface area contributed by atoms with Gasteiger partial charge in [0.15, 0.2) is 4.47 Å². The molecule has 0 fully saturated rings. The van der Waals surface area contributed by atoms with Gasteiger partial charge in [0.1, 0.15) is 0 Å². The second-order valence-electron chi connectivity index (χ2n) is 3.62. The molecule has 0 bridgehead atoms. The molecule has 7 heteroatoms. The minimum absolute atomic E-state index is 0.364. The maximum absolute atomic E-state index is 11.5. The Morgan fingerprint density at radius 2 is 2.37 bits per heavy atom. The lowest BCUT2D eigenvalue weighted by Gasteiger charge is -2.09. The molecule has 4 nitrogen and oxygen atoms in total. The summed E-state index contributed by atoms with van der Waals surface area (Å²) < 4.78 is 6.07. The molecule has 0 aliphatic carbocycles. The molecule has 1 aromatic heterocycles. The van der Waals surface area contributed by atoms with Gasteiger partial charge in [-0.15, -0.1) is 11.3 Å². The fraction of sp³-hybridized carbons (Fsp3) is 0.167. The lowest BCUT2D eigenvalue weighted by Crippen LogP contribution is -2.04. The van der Waals surface area contributed by atoms with E-state index in [0.717, 1.165) is 15.0 Å². The number of nitrogens with zero attached hydrogens (tertiary/aromatic N) is 1. The smallest absolute Gasteiger partial charge is 0.337 e. The van der Waals surface area contributed by atoms with Crippen molar-refractivity contribution in [3.63, 3.8) is 0 Å². The Hall–Kier alpha value is -1.11. The molecule has 1 aromatic carbocycles. The van der Waals surface area contributed by atoms with Crippen LogP contribution in [0.25, 0.3) is 0 Å². The molecule has 0 radical (unpaired) electrons. The molecule has 0 atom stereocenters. The number of halogens is 2. The van der Waals surface area contributed by atoms with Gasteiger partial charge in [-0.05, 0) is 34.1 Å². The lowest BCUT2D eigenvalue weighted by atomic mass is 10.2. The molecular formula is C12H10BrClN2O2S. The van der Waals surface area contributed by atoms with Crippen LogP contribution in [0.15, 0.2) is 28.9 Å². The van der Waals surface area contributed by atoms with Crippen LogP contribution in [0.2, 0.25) is 4.47 Å². The highest BCUT2D eigenvalue weighted by Crippen LogP contribution is 2.26. The van der Waals surface area contributed by atoms with Gasteiger partial charge in [-0.1, -0.05) is 11.6 Å². The first-order valence-electron chi connectivity index (χ1n) is 5.32. The van der Waals surface area contributed by atoms with Gasteiger partial charge in [0.25, 0.3) is 0 Å². The molecule has 0 saturated heterocycles. The van der Waals surface area contributed by atoms with Crippen LogP contribution in [-0.4, -0.2) is 18.1 Å². The number of hydrogen-bond donors (Lipinski definition) is 1. The van der Waals surface area contributed by atoms with Crippen molar-refractivity contribution in [3.8, 4) is 0 Å². The molecule has 0 aliphatic rings. The van der Waals surface area contributed by atoms with E-state index in [1.807, 2.05) is 0 Å². The summed E-state index contributed by atoms with van der Waals surface area (Å²) in [6.07, 6.45) is 1.72. The minimum atomic E-state index is -0.364. The Labute approximate surface area is 127 Å². The molecule has 2 aromatic rings. The molecule has 2 rings (SSSR count). The van der Waals surface area contributed by atoms with E-state index in [-0.39, 0.29) is 5.97 Å². The van der Waals surface area contributed by atoms with E-state index in [0.29, 0.717) is 16.6 Å². The maximum atomic E-state index is 11.5. The van der Waals surface area contributed by atoms with Crippen LogP contribution < -0.4 is 5.32 Å². The number of aromatic nitrogens is 1. The summed E-state index contributed by atoms with van der Waals surface area (Å²) in [6.45, 7) is 0.591. The molecule has 0 saturated carbocycles. The number of nitrogens with one attached hydrogen (secondary N) is 1. The molecule has 1 N–H and O–H groups in total. The second kappa shape index (κ2) is 6.36. The van der Waals surface area contributed by atoms with E-state index in [1.54, 1.807) is 24.4 Å². The third-order valence-corrected chi connectivity index (χ3v) is 4.17. The molecule has 0 unspecified atom stereocenters. The van der Waals surface area contributed by atoms with Crippen molar-refractivity contribution in [1.29, 1.82) is 0 Å². The monoisotopic (exact) mass is 360 g/mol. The predicted octanol–water partition coefficient (Wildman–Crippen LogP) is 3.96. The molecule has 19 heavy (non-hydrogen) atoms. The Morgan fingerprint density at radius 3 is 3.00 bits per heavy atom. The van der Waals surface area contributed by atoms with Crippen LogP contribution in [0.4, 0.5) is 5.69 Å². The van der Waals surface area contributed by atoms with Crippen LogP contribution in [0.3, 0.4) is 0 Å². The van der Waals surface area contributed by atoms with Gasteiger partial charge < -0.3 is 10.1 Å². The molecule has 0 amide bonds. The molecule has 0 aliphatic heterocycles. The molecular weight excluding hydrogens is 352 g/mol. The Bertz CT molecular complexity index is 603. The van der Waals surface area contributed by atoms with Crippen molar-refractivity contribution in [1.82, 2.24) is 4.98 Å². The lowest BCUT2D eigenvalue weighted by molar-refractivity contribution is 0.0601. The summed E-state index contributed by atoms with van der Waals surface area (Å²) >= 11 is 10.6. The van der Waals surface area contributed by atoms with E-state index in [4.69, 9.17) is 11.6 Å². The topological polar surface area (TPSA) is 51.2 Å². The average molecular weight is 362 g/mol. The number of hydrogen-bond acceptors (Lipinski definition) is 5. The van der Waals surface area contributed by atoms with Gasteiger partial charge in [0.2, 0.25) is 0 Å². The van der Waals surface area contributed by atoms with Crippen molar-refractivity contribution >= 4 is 50.5 Å². The first kappa shape index (κ1) is 14.3. The van der Waals surface area contributed by atoms with E-state index in [9.17, 15) is 4.79 Å². The van der Waals surface area contributed by atoms with Gasteiger partial charge in [-0.2, -0.15) is 0 Å². The van der Waals surface area contributed by atoms with Crippen LogP contribution in [0.1, 0.15) is 15.2 Å². The summed E-state index contributed by atoms with van der Waals surface area (Å²) in [7, 11) is 1.36. The van der Waals surface area contributed by atoms with Gasteiger partial charge in [0.05, 0.1) is 19.2 Å². The third kappa shape index (κ3) is 3.68. The fourth-order valence-electron chi connectivity index (χ4n) is 1.45. The predicted molar refractivity (Wildman–Crippen MR) is 79.9 cm³/mol. The van der Waals surface area contributed by atoms with Crippen molar-refractivity contribution < 1.29 is 9.53 Å². The summed E-state index contributed by atoms with van der Waals surface area (Å²) in [5.74, 6) is -0.364. The Kier molecular flexibility index (Phi) is 4.79. The number of ether oxygens (including phenoxy) is 1. The zero-order chi connectivity index (χ0) is 13.8. The number of rotatable bonds is 4. The number of benzene rings is 1. The highest BCUT2D eigenvalue weighted by atomic mass is 79.9. The molecule has 1 heterocycles. The zero-order valence-electron chi connectivity index (χ0n) is 9.94. The van der Waals surface area contributed by atoms with Crippen LogP contribution in [0.5, 0.6) is 0 Å². The number of methoxy groups -OCH3 is 1. The quantitative estimate of drug-likeness (QED) is 0.838. The summed E-state index contributed by atoms with van der Waals surface area (Å²) in [5.41, 5.74) is 1.31. The number of esters is 1. The molecule has 0 spiro atoms. The van der Waals surface area contributed by atoms with Crippen LogP contribution >= 0.6 is 38.9 Å². The first-order valence-corrected chi connectivity index (χ1v) is 7.31. The minimum Gasteiger partial charge on any atom is -0.465 e. The van der Waals surface area contributed by atoms with E-state index >= 15 is 0 Å². The van der Waals surface area contributed by atoms with Crippen LogP contribution in [-0.2, 0) is 11.3 Å². The van der Waals surface area contributed by atoms with Crippen LogP contribution in [0, 0.1) is 0 Å². The van der Waals surface area contributed by atoms with Crippen molar-refractivity contribution in [2.75, 3.05) is 12.4 Å². The van der Waals surface area contributed by atoms with E-state index in [1.165, 1.54) is 18.4 Å². The van der Waals surface area contributed by atoms with Gasteiger partial charge in [-0.25, -0.2) is 9.78 Å². The standard InChI is InChI=1S/C12H10BrClN2O2S/c1-18-11(17)7-2-3-9(13)10(4-7)15-5-8-6-16-12(14)19-8/h2-4,6,15H,5H2,1H3. The van der Waals surface area contributed by atoms with Crippen molar-refractivity contribution in [3.05, 3.63) is 43.8 Å². The van der Waals surface area contributed by atoms with E-state index in [2.05, 4.69) is 31.0 Å². The zero-order valence-corrected chi connectivity index (χ0v) is 13.1. The number of carbonyl (C=O) groups excluding carboxylic acids is 1. The first-order chi connectivity index (χ1) is 9.10. The van der Waals surface area contributed by atoms with Gasteiger partial charge in [0, 0.05) is 21.2 Å².